The maximum atomic E-state index is 13.0. The number of sulfonamides is 1. The quantitative estimate of drug-likeness (QED) is 0.441. The van der Waals surface area contributed by atoms with Gasteiger partial charge in [0.05, 0.1) is 0 Å². The van der Waals surface area contributed by atoms with Crippen molar-refractivity contribution in [1.29, 1.82) is 0 Å². The van der Waals surface area contributed by atoms with Crippen LogP contribution in [-0.4, -0.2) is 20.4 Å². The smallest absolute Gasteiger partial charge is 0.250 e. The summed E-state index contributed by atoms with van der Waals surface area (Å²) in [5, 5.41) is 2.90. The summed E-state index contributed by atoms with van der Waals surface area (Å²) in [6.45, 7) is 1.91. The molecular formula is C27H27FN2O3S2. The minimum Gasteiger partial charge on any atom is -0.323 e. The Morgan fingerprint density at radius 1 is 1.00 bits per heavy atom. The second kappa shape index (κ2) is 9.68. The zero-order valence-electron chi connectivity index (χ0n) is 19.3. The summed E-state index contributed by atoms with van der Waals surface area (Å²) < 4.78 is 42.4. The third-order valence-electron chi connectivity index (χ3n) is 6.93. The molecule has 8 heteroatoms. The molecule has 3 aromatic rings. The predicted molar refractivity (Wildman–Crippen MR) is 137 cm³/mol. The Bertz CT molecular complexity index is 1380. The molecule has 2 aromatic carbocycles. The number of hydrogen-bond acceptors (Lipinski definition) is 4. The molecule has 0 aliphatic heterocycles. The Morgan fingerprint density at radius 3 is 2.40 bits per heavy atom. The molecular weight excluding hydrogens is 483 g/mol. The van der Waals surface area contributed by atoms with E-state index < -0.39 is 10.0 Å². The van der Waals surface area contributed by atoms with Crippen molar-refractivity contribution in [1.82, 2.24) is 4.72 Å². The first kappa shape index (κ1) is 23.9. The summed E-state index contributed by atoms with van der Waals surface area (Å²) in [6, 6.07) is 15.3. The molecule has 0 saturated heterocycles. The van der Waals surface area contributed by atoms with Crippen molar-refractivity contribution in [3.63, 3.8) is 0 Å². The predicted octanol–water partition coefficient (Wildman–Crippen LogP) is 5.32. The van der Waals surface area contributed by atoms with Crippen LogP contribution in [0.5, 0.6) is 0 Å². The number of hydrogen-bond donors (Lipinski definition) is 2. The Morgan fingerprint density at radius 2 is 1.71 bits per heavy atom. The molecule has 35 heavy (non-hydrogen) atoms. The van der Waals surface area contributed by atoms with Crippen molar-refractivity contribution in [3.05, 3.63) is 88.1 Å². The second-order valence-electron chi connectivity index (χ2n) is 9.38. The molecule has 3 atom stereocenters. The summed E-state index contributed by atoms with van der Waals surface area (Å²) >= 11 is 1.30. The van der Waals surface area contributed by atoms with Crippen LogP contribution >= 0.6 is 11.3 Å². The van der Waals surface area contributed by atoms with Crippen LogP contribution in [0.1, 0.15) is 34.4 Å². The highest BCUT2D eigenvalue weighted by atomic mass is 32.2. The van der Waals surface area contributed by atoms with Crippen LogP contribution in [0.15, 0.2) is 64.9 Å². The topological polar surface area (TPSA) is 75.3 Å². The van der Waals surface area contributed by atoms with Gasteiger partial charge < -0.3 is 5.32 Å². The van der Waals surface area contributed by atoms with Crippen molar-refractivity contribution in [2.75, 3.05) is 5.32 Å². The minimum absolute atomic E-state index is 0.0912. The van der Waals surface area contributed by atoms with Crippen molar-refractivity contribution < 1.29 is 17.6 Å². The van der Waals surface area contributed by atoms with Gasteiger partial charge in [0, 0.05) is 22.7 Å². The number of carbonyl (C=O) groups is 1. The monoisotopic (exact) mass is 510 g/mol. The van der Waals surface area contributed by atoms with Gasteiger partial charge >= 0.3 is 0 Å². The van der Waals surface area contributed by atoms with Gasteiger partial charge in [-0.2, -0.15) is 0 Å². The lowest BCUT2D eigenvalue weighted by molar-refractivity contribution is -0.111. The Balaban J connectivity index is 1.28. The number of carbonyl (C=O) groups excluding carboxylic acids is 1. The molecule has 3 unspecified atom stereocenters. The maximum Gasteiger partial charge on any atom is 0.250 e. The van der Waals surface area contributed by atoms with Crippen LogP contribution in [-0.2, 0) is 27.7 Å². The van der Waals surface area contributed by atoms with Crippen LogP contribution in [0.25, 0.3) is 6.08 Å². The van der Waals surface area contributed by atoms with Crippen LogP contribution in [0.4, 0.5) is 10.1 Å². The van der Waals surface area contributed by atoms with Gasteiger partial charge in [-0.05, 0) is 104 Å². The first-order valence-electron chi connectivity index (χ1n) is 11.7. The fourth-order valence-corrected chi connectivity index (χ4v) is 7.88. The number of thiophene rings is 1. The third-order valence-corrected chi connectivity index (χ3v) is 9.88. The number of amides is 1. The first-order chi connectivity index (χ1) is 16.8. The van der Waals surface area contributed by atoms with Gasteiger partial charge in [0.1, 0.15) is 10.0 Å². The molecule has 2 N–H and O–H groups in total. The Kier molecular flexibility index (Phi) is 6.61. The molecule has 5 nitrogen and oxygen atoms in total. The van der Waals surface area contributed by atoms with Crippen LogP contribution in [0, 0.1) is 24.6 Å². The molecule has 2 aliphatic rings. The summed E-state index contributed by atoms with van der Waals surface area (Å²) in [6.07, 6.45) is 6.66. The van der Waals surface area contributed by atoms with Crippen molar-refractivity contribution >= 4 is 39.0 Å². The molecule has 0 radical (unpaired) electrons. The molecule has 1 saturated carbocycles. The fraction of sp³-hybridized carbons (Fsp3) is 0.296. The Hall–Kier alpha value is -2.81. The van der Waals surface area contributed by atoms with Crippen molar-refractivity contribution in [2.45, 2.75) is 42.9 Å². The molecule has 2 aliphatic carbocycles. The fourth-order valence-electron chi connectivity index (χ4n) is 5.20. The van der Waals surface area contributed by atoms with E-state index in [9.17, 15) is 17.6 Å². The lowest BCUT2D eigenvalue weighted by Gasteiger charge is -2.23. The number of halogens is 1. The maximum absolute atomic E-state index is 13.0. The largest absolute Gasteiger partial charge is 0.323 e. The first-order valence-corrected chi connectivity index (χ1v) is 14.0. The number of aryl methyl sites for hydroxylation is 1. The SMILES string of the molecule is Cc1ccc(S(=O)(=O)NC2C3CCC2Cc2cc(NC(=O)/C=C/c4ccc(F)cc4)ccc2C3)s1. The summed E-state index contributed by atoms with van der Waals surface area (Å²) in [5.41, 5.74) is 3.83. The Labute approximate surface area is 209 Å². The highest BCUT2D eigenvalue weighted by Crippen LogP contribution is 2.41. The van der Waals surface area contributed by atoms with E-state index in [0.29, 0.717) is 9.90 Å². The van der Waals surface area contributed by atoms with E-state index >= 15 is 0 Å². The lowest BCUT2D eigenvalue weighted by Crippen LogP contribution is -2.41. The highest BCUT2D eigenvalue weighted by Gasteiger charge is 2.41. The van der Waals surface area contributed by atoms with Gasteiger partial charge in [-0.15, -0.1) is 11.3 Å². The van der Waals surface area contributed by atoms with Crippen LogP contribution < -0.4 is 10.0 Å². The summed E-state index contributed by atoms with van der Waals surface area (Å²) in [7, 11) is -3.54. The summed E-state index contributed by atoms with van der Waals surface area (Å²) in [4.78, 5) is 13.4. The molecule has 0 spiro atoms. The van der Waals surface area contributed by atoms with Gasteiger partial charge in [-0.1, -0.05) is 18.2 Å². The number of fused-ring (bicyclic) bond motifs is 3. The van der Waals surface area contributed by atoms with E-state index in [1.54, 1.807) is 24.3 Å². The normalized spacial score (nSPS) is 21.6. The van der Waals surface area contributed by atoms with E-state index in [1.165, 1.54) is 35.1 Å². The van der Waals surface area contributed by atoms with E-state index in [4.69, 9.17) is 0 Å². The van der Waals surface area contributed by atoms with Crippen LogP contribution in [0.3, 0.4) is 0 Å². The molecule has 1 amide bonds. The highest BCUT2D eigenvalue weighted by molar-refractivity contribution is 7.91. The zero-order valence-corrected chi connectivity index (χ0v) is 21.0. The second-order valence-corrected chi connectivity index (χ2v) is 12.6. The van der Waals surface area contributed by atoms with Crippen molar-refractivity contribution in [2.24, 2.45) is 11.8 Å². The standard InChI is InChI=1S/C27H27FN2O3S2/c1-17-2-13-26(34-17)35(32,33)30-27-20-6-7-21(27)15-22-16-24(11-8-19(22)14-20)29-25(31)12-5-18-3-9-23(28)10-4-18/h2-5,8-13,16,20-21,27,30H,6-7,14-15H2,1H3,(H,29,31)/b12-5+. The van der Waals surface area contributed by atoms with Gasteiger partial charge in [0.15, 0.2) is 0 Å². The van der Waals surface area contributed by atoms with Crippen molar-refractivity contribution in [3.8, 4) is 0 Å². The van der Waals surface area contributed by atoms with E-state index in [0.717, 1.165) is 41.7 Å². The van der Waals surface area contributed by atoms with Gasteiger partial charge in [0.2, 0.25) is 15.9 Å². The van der Waals surface area contributed by atoms with Crippen LogP contribution in [0.2, 0.25) is 0 Å². The molecule has 1 fully saturated rings. The molecule has 1 heterocycles. The van der Waals surface area contributed by atoms with Gasteiger partial charge in [-0.3, -0.25) is 4.79 Å². The van der Waals surface area contributed by atoms with E-state index in [-0.39, 0.29) is 29.6 Å². The molecule has 5 rings (SSSR count). The number of nitrogens with one attached hydrogen (secondary N) is 2. The number of anilines is 1. The molecule has 1 aromatic heterocycles. The third kappa shape index (κ3) is 5.39. The number of benzene rings is 2. The van der Waals surface area contributed by atoms with Gasteiger partial charge in [-0.25, -0.2) is 17.5 Å². The lowest BCUT2D eigenvalue weighted by atomic mass is 9.93. The summed E-state index contributed by atoms with van der Waals surface area (Å²) in [5.74, 6) is -0.0965. The molecule has 2 bridgehead atoms. The minimum atomic E-state index is -3.54. The average Bonchev–Trinajstić information content (AvgIpc) is 3.37. The number of rotatable bonds is 6. The zero-order chi connectivity index (χ0) is 24.6. The molecule has 182 valence electrons. The average molecular weight is 511 g/mol. The van der Waals surface area contributed by atoms with E-state index in [2.05, 4.69) is 10.0 Å². The van der Waals surface area contributed by atoms with Gasteiger partial charge in [0.25, 0.3) is 0 Å². The van der Waals surface area contributed by atoms with E-state index in [1.807, 2.05) is 31.2 Å².